The number of Topliss-reactive ketones (excluding diaryl/α,β-unsaturated/α-hetero) is 1. The molecule has 3 heterocycles. The van der Waals surface area contributed by atoms with Gasteiger partial charge in [0.25, 0.3) is 0 Å². The zero-order chi connectivity index (χ0) is 19.8. The van der Waals surface area contributed by atoms with E-state index in [1.165, 1.54) is 0 Å². The van der Waals surface area contributed by atoms with Gasteiger partial charge in [0.2, 0.25) is 0 Å². The third-order valence-electron chi connectivity index (χ3n) is 5.75. The summed E-state index contributed by atoms with van der Waals surface area (Å²) in [7, 11) is 0. The number of rotatable bonds is 4. The maximum absolute atomic E-state index is 12.5. The number of ketones is 1. The summed E-state index contributed by atoms with van der Waals surface area (Å²) in [4.78, 5) is 30.8. The van der Waals surface area contributed by atoms with Crippen molar-refractivity contribution in [1.29, 1.82) is 0 Å². The largest absolute Gasteiger partial charge is 0.515 e. The average molecular weight is 391 g/mol. The van der Waals surface area contributed by atoms with Gasteiger partial charge in [-0.15, -0.1) is 0 Å². The molecule has 8 nitrogen and oxygen atoms in total. The quantitative estimate of drug-likeness (QED) is 0.520. The second-order valence-corrected chi connectivity index (χ2v) is 7.36. The van der Waals surface area contributed by atoms with Crippen molar-refractivity contribution in [3.05, 3.63) is 53.8 Å². The van der Waals surface area contributed by atoms with Gasteiger partial charge in [0.05, 0.1) is 18.6 Å². The molecule has 0 saturated carbocycles. The van der Waals surface area contributed by atoms with Crippen molar-refractivity contribution in [3.63, 3.8) is 0 Å². The summed E-state index contributed by atoms with van der Waals surface area (Å²) >= 11 is 0. The van der Waals surface area contributed by atoms with Crippen LogP contribution in [0.2, 0.25) is 0 Å². The van der Waals surface area contributed by atoms with Crippen LogP contribution in [0.5, 0.6) is 5.75 Å². The number of fused-ring (bicyclic) bond motifs is 2. The SMILES string of the molecule is O=C1C(=CO)CCc2c(OCC3CCCN3c3ncnc4nc[nH]c34)cccc21. The summed E-state index contributed by atoms with van der Waals surface area (Å²) in [6.45, 7) is 1.40. The van der Waals surface area contributed by atoms with Crippen molar-refractivity contribution >= 4 is 22.8 Å². The van der Waals surface area contributed by atoms with Crippen LogP contribution in [0.15, 0.2) is 42.7 Å². The number of hydrogen-bond acceptors (Lipinski definition) is 7. The van der Waals surface area contributed by atoms with Gasteiger partial charge in [-0.3, -0.25) is 4.79 Å². The second kappa shape index (κ2) is 7.20. The highest BCUT2D eigenvalue weighted by Gasteiger charge is 2.29. The molecule has 1 aromatic carbocycles. The van der Waals surface area contributed by atoms with Crippen LogP contribution in [-0.4, -0.2) is 50.0 Å². The summed E-state index contributed by atoms with van der Waals surface area (Å²) in [5.41, 5.74) is 3.48. The summed E-state index contributed by atoms with van der Waals surface area (Å²) in [5.74, 6) is 1.47. The molecule has 0 amide bonds. The Labute approximate surface area is 167 Å². The molecule has 5 rings (SSSR count). The third-order valence-corrected chi connectivity index (χ3v) is 5.75. The minimum Gasteiger partial charge on any atom is -0.515 e. The minimum absolute atomic E-state index is 0.121. The molecule has 1 atom stereocenters. The van der Waals surface area contributed by atoms with Gasteiger partial charge in [0.15, 0.2) is 17.2 Å². The van der Waals surface area contributed by atoms with Gasteiger partial charge in [-0.1, -0.05) is 12.1 Å². The standard InChI is InChI=1S/C21H21N5O3/c27-9-13-6-7-15-16(19(13)28)4-1-5-17(15)29-10-14-3-2-8-26(14)21-18-20(23-11-22-18)24-12-25-21/h1,4-5,9,11-12,14,27H,2-3,6-8,10H2,(H,22,23,24,25). The topological polar surface area (TPSA) is 104 Å². The lowest BCUT2D eigenvalue weighted by Crippen LogP contribution is -2.35. The highest BCUT2D eigenvalue weighted by atomic mass is 16.5. The lowest BCUT2D eigenvalue weighted by molar-refractivity contribution is 0.102. The molecule has 3 aromatic rings. The molecule has 148 valence electrons. The number of imidazole rings is 1. The number of nitrogens with zero attached hydrogens (tertiary/aromatic N) is 4. The van der Waals surface area contributed by atoms with Gasteiger partial charge in [-0.05, 0) is 31.7 Å². The first-order valence-electron chi connectivity index (χ1n) is 9.79. The zero-order valence-electron chi connectivity index (χ0n) is 15.8. The van der Waals surface area contributed by atoms with Crippen LogP contribution in [0.1, 0.15) is 35.2 Å². The third kappa shape index (κ3) is 3.00. The summed E-state index contributed by atoms with van der Waals surface area (Å²) < 4.78 is 6.21. The van der Waals surface area contributed by atoms with Crippen molar-refractivity contribution in [2.45, 2.75) is 31.7 Å². The van der Waals surface area contributed by atoms with Crippen LogP contribution in [0.25, 0.3) is 11.2 Å². The van der Waals surface area contributed by atoms with E-state index < -0.39 is 0 Å². The number of carbonyl (C=O) groups is 1. The Balaban J connectivity index is 1.37. The van der Waals surface area contributed by atoms with E-state index in [1.54, 1.807) is 18.7 Å². The van der Waals surface area contributed by atoms with E-state index in [4.69, 9.17) is 4.74 Å². The molecular weight excluding hydrogens is 370 g/mol. The molecule has 1 saturated heterocycles. The number of H-pyrrole nitrogens is 1. The Morgan fingerprint density at radius 3 is 3.10 bits per heavy atom. The van der Waals surface area contributed by atoms with E-state index in [1.807, 2.05) is 12.1 Å². The monoisotopic (exact) mass is 391 g/mol. The fourth-order valence-electron chi connectivity index (χ4n) is 4.28. The molecular formula is C21H21N5O3. The molecule has 2 aromatic heterocycles. The number of ether oxygens (including phenoxy) is 1. The number of nitrogens with one attached hydrogen (secondary N) is 1. The molecule has 2 aliphatic rings. The number of aliphatic hydroxyl groups excluding tert-OH is 1. The van der Waals surface area contributed by atoms with Crippen LogP contribution in [0, 0.1) is 0 Å². The molecule has 1 aliphatic carbocycles. The summed E-state index contributed by atoms with van der Waals surface area (Å²) in [5, 5.41) is 9.26. The highest BCUT2D eigenvalue weighted by molar-refractivity contribution is 6.10. The van der Waals surface area contributed by atoms with E-state index in [0.29, 0.717) is 36.2 Å². The van der Waals surface area contributed by atoms with E-state index in [2.05, 4.69) is 24.8 Å². The Bertz CT molecular complexity index is 1110. The summed E-state index contributed by atoms with van der Waals surface area (Å²) in [6.07, 6.45) is 7.37. The molecule has 1 unspecified atom stereocenters. The molecule has 0 spiro atoms. The van der Waals surface area contributed by atoms with E-state index in [9.17, 15) is 9.90 Å². The molecule has 0 radical (unpaired) electrons. The Morgan fingerprint density at radius 1 is 1.28 bits per heavy atom. The van der Waals surface area contributed by atoms with Crippen LogP contribution in [0.4, 0.5) is 5.82 Å². The number of aliphatic hydroxyl groups is 1. The minimum atomic E-state index is -0.121. The Hall–Kier alpha value is -3.42. The summed E-state index contributed by atoms with van der Waals surface area (Å²) in [6, 6.07) is 5.72. The molecule has 29 heavy (non-hydrogen) atoms. The van der Waals surface area contributed by atoms with E-state index >= 15 is 0 Å². The van der Waals surface area contributed by atoms with Crippen LogP contribution >= 0.6 is 0 Å². The lowest BCUT2D eigenvalue weighted by atomic mass is 9.87. The number of carbonyl (C=O) groups excluding carboxylic acids is 1. The lowest BCUT2D eigenvalue weighted by Gasteiger charge is -2.27. The number of aromatic nitrogens is 4. The number of hydrogen-bond donors (Lipinski definition) is 2. The first-order chi connectivity index (χ1) is 14.3. The van der Waals surface area contributed by atoms with Crippen molar-refractivity contribution < 1.29 is 14.6 Å². The zero-order valence-corrected chi connectivity index (χ0v) is 15.8. The van der Waals surface area contributed by atoms with Gasteiger partial charge < -0.3 is 19.7 Å². The first-order valence-corrected chi connectivity index (χ1v) is 9.79. The highest BCUT2D eigenvalue weighted by Crippen LogP contribution is 2.33. The number of benzene rings is 1. The predicted molar refractivity (Wildman–Crippen MR) is 107 cm³/mol. The fraction of sp³-hybridized carbons (Fsp3) is 0.333. The molecule has 0 bridgehead atoms. The Kier molecular flexibility index (Phi) is 4.38. The smallest absolute Gasteiger partial charge is 0.192 e. The molecule has 2 N–H and O–H groups in total. The van der Waals surface area contributed by atoms with Crippen molar-refractivity contribution in [3.8, 4) is 5.75 Å². The van der Waals surface area contributed by atoms with Gasteiger partial charge >= 0.3 is 0 Å². The van der Waals surface area contributed by atoms with Crippen molar-refractivity contribution in [2.75, 3.05) is 18.1 Å². The van der Waals surface area contributed by atoms with Crippen molar-refractivity contribution in [2.24, 2.45) is 0 Å². The van der Waals surface area contributed by atoms with Crippen LogP contribution in [0.3, 0.4) is 0 Å². The maximum atomic E-state index is 12.5. The van der Waals surface area contributed by atoms with Crippen LogP contribution < -0.4 is 9.64 Å². The first kappa shape index (κ1) is 17.7. The van der Waals surface area contributed by atoms with Crippen LogP contribution in [-0.2, 0) is 6.42 Å². The van der Waals surface area contributed by atoms with Gasteiger partial charge in [-0.25, -0.2) is 15.0 Å². The van der Waals surface area contributed by atoms with E-state index in [0.717, 1.165) is 48.3 Å². The van der Waals surface area contributed by atoms with Gasteiger partial charge in [0.1, 0.15) is 24.2 Å². The molecule has 1 fully saturated rings. The number of aromatic amines is 1. The van der Waals surface area contributed by atoms with E-state index in [-0.39, 0.29) is 11.8 Å². The molecule has 8 heteroatoms. The second-order valence-electron chi connectivity index (χ2n) is 7.36. The fourth-order valence-corrected chi connectivity index (χ4v) is 4.28. The Morgan fingerprint density at radius 2 is 2.21 bits per heavy atom. The van der Waals surface area contributed by atoms with Gasteiger partial charge in [-0.2, -0.15) is 0 Å². The van der Waals surface area contributed by atoms with Crippen molar-refractivity contribution in [1.82, 2.24) is 19.9 Å². The predicted octanol–water partition coefficient (Wildman–Crippen LogP) is 2.97. The number of anilines is 1. The maximum Gasteiger partial charge on any atom is 0.192 e. The average Bonchev–Trinajstić information content (AvgIpc) is 3.42. The number of allylic oxidation sites excluding steroid dienone is 1. The normalized spacial score (nSPS) is 20.4. The molecule has 1 aliphatic heterocycles. The van der Waals surface area contributed by atoms with Gasteiger partial charge in [0, 0.05) is 23.2 Å².